The fraction of sp³-hybridized carbons (Fsp3) is 0.500. The molecule has 0 saturated heterocycles. The molecule has 19 heavy (non-hydrogen) atoms. The van der Waals surface area contributed by atoms with Gasteiger partial charge < -0.3 is 10.4 Å². The zero-order chi connectivity index (χ0) is 14.5. The van der Waals surface area contributed by atoms with Crippen LogP contribution in [0.1, 0.15) is 20.8 Å². The predicted octanol–water partition coefficient (Wildman–Crippen LogP) is 1.86. The number of benzene rings is 1. The van der Waals surface area contributed by atoms with Crippen molar-refractivity contribution in [2.75, 3.05) is 25.0 Å². The molecule has 0 aliphatic heterocycles. The minimum Gasteiger partial charge on any atom is -0.389 e. The molecular weight excluding hydrogens is 247 g/mol. The molecule has 1 aromatic carbocycles. The highest BCUT2D eigenvalue weighted by molar-refractivity contribution is 5.92. The largest absolute Gasteiger partial charge is 0.389 e. The van der Waals surface area contributed by atoms with Crippen molar-refractivity contribution in [2.24, 2.45) is 0 Å². The van der Waals surface area contributed by atoms with Crippen molar-refractivity contribution in [2.45, 2.75) is 26.4 Å². The van der Waals surface area contributed by atoms with Crippen molar-refractivity contribution in [3.63, 3.8) is 0 Å². The molecule has 4 nitrogen and oxygen atoms in total. The van der Waals surface area contributed by atoms with Gasteiger partial charge in [-0.15, -0.1) is 0 Å². The highest BCUT2D eigenvalue weighted by atomic mass is 19.1. The molecule has 1 aromatic rings. The smallest absolute Gasteiger partial charge is 0.238 e. The van der Waals surface area contributed by atoms with Gasteiger partial charge in [0.25, 0.3) is 0 Å². The van der Waals surface area contributed by atoms with Crippen molar-refractivity contribution in [3.05, 3.63) is 30.1 Å². The summed E-state index contributed by atoms with van der Waals surface area (Å²) in [5.74, 6) is -0.520. The Morgan fingerprint density at radius 3 is 2.42 bits per heavy atom. The van der Waals surface area contributed by atoms with Gasteiger partial charge in [0.05, 0.1) is 12.1 Å². The minimum atomic E-state index is -0.841. The summed E-state index contributed by atoms with van der Waals surface area (Å²) >= 11 is 0. The van der Waals surface area contributed by atoms with Gasteiger partial charge in [-0.25, -0.2) is 4.39 Å². The molecule has 0 bridgehead atoms. The van der Waals surface area contributed by atoms with Crippen molar-refractivity contribution in [3.8, 4) is 0 Å². The average molecular weight is 268 g/mol. The van der Waals surface area contributed by atoms with E-state index < -0.39 is 5.60 Å². The van der Waals surface area contributed by atoms with Crippen molar-refractivity contribution in [1.29, 1.82) is 0 Å². The quantitative estimate of drug-likeness (QED) is 0.828. The van der Waals surface area contributed by atoms with Crippen LogP contribution in [-0.4, -0.2) is 41.1 Å². The van der Waals surface area contributed by atoms with E-state index in [1.54, 1.807) is 13.8 Å². The number of nitrogens with zero attached hydrogens (tertiary/aromatic N) is 1. The number of rotatable bonds is 6. The van der Waals surface area contributed by atoms with Gasteiger partial charge in [0.2, 0.25) is 5.91 Å². The molecule has 0 fully saturated rings. The van der Waals surface area contributed by atoms with Crippen LogP contribution in [0.2, 0.25) is 0 Å². The van der Waals surface area contributed by atoms with E-state index in [0.717, 1.165) is 0 Å². The number of carbonyl (C=O) groups is 1. The van der Waals surface area contributed by atoms with Crippen LogP contribution in [0.4, 0.5) is 10.1 Å². The summed E-state index contributed by atoms with van der Waals surface area (Å²) in [6, 6.07) is 5.62. The Kier molecular flexibility index (Phi) is 5.44. The van der Waals surface area contributed by atoms with Gasteiger partial charge in [0.15, 0.2) is 0 Å². The standard InChI is InChI=1S/C14H21FN2O2/c1-4-17(10-14(2,3)19)9-13(18)16-12-7-5-11(15)6-8-12/h5-8,19H,4,9-10H2,1-3H3,(H,16,18). The number of anilines is 1. The fourth-order valence-corrected chi connectivity index (χ4v) is 1.76. The van der Waals surface area contributed by atoms with Crippen molar-refractivity contribution >= 4 is 11.6 Å². The molecule has 0 atom stereocenters. The molecule has 0 aliphatic rings. The molecule has 1 amide bonds. The molecule has 2 N–H and O–H groups in total. The van der Waals surface area contributed by atoms with Crippen LogP contribution < -0.4 is 5.32 Å². The van der Waals surface area contributed by atoms with E-state index in [2.05, 4.69) is 5.32 Å². The van der Waals surface area contributed by atoms with Crippen molar-refractivity contribution < 1.29 is 14.3 Å². The second kappa shape index (κ2) is 6.63. The van der Waals surface area contributed by atoms with Gasteiger partial charge in [-0.2, -0.15) is 0 Å². The lowest BCUT2D eigenvalue weighted by Crippen LogP contribution is -2.42. The molecule has 0 saturated carbocycles. The van der Waals surface area contributed by atoms with E-state index >= 15 is 0 Å². The zero-order valence-electron chi connectivity index (χ0n) is 11.6. The van der Waals surface area contributed by atoms with Crippen LogP contribution in [0.15, 0.2) is 24.3 Å². The van der Waals surface area contributed by atoms with E-state index in [4.69, 9.17) is 0 Å². The maximum absolute atomic E-state index is 12.7. The van der Waals surface area contributed by atoms with Crippen LogP contribution in [0.5, 0.6) is 0 Å². The maximum Gasteiger partial charge on any atom is 0.238 e. The van der Waals surface area contributed by atoms with E-state index in [-0.39, 0.29) is 18.3 Å². The lowest BCUT2D eigenvalue weighted by atomic mass is 10.1. The van der Waals surface area contributed by atoms with Crippen LogP contribution in [0, 0.1) is 5.82 Å². The number of nitrogens with one attached hydrogen (secondary N) is 1. The third-order valence-corrected chi connectivity index (χ3v) is 2.55. The topological polar surface area (TPSA) is 52.6 Å². The van der Waals surface area contributed by atoms with Gasteiger partial charge in [-0.1, -0.05) is 6.92 Å². The van der Waals surface area contributed by atoms with Crippen LogP contribution in [0.25, 0.3) is 0 Å². The summed E-state index contributed by atoms with van der Waals surface area (Å²) in [5, 5.41) is 12.4. The summed E-state index contributed by atoms with van der Waals surface area (Å²) in [6.07, 6.45) is 0. The molecule has 0 spiro atoms. The second-order valence-electron chi connectivity index (χ2n) is 5.17. The highest BCUT2D eigenvalue weighted by Gasteiger charge is 2.19. The van der Waals surface area contributed by atoms with E-state index in [1.165, 1.54) is 24.3 Å². The third kappa shape index (κ3) is 6.31. The van der Waals surface area contributed by atoms with Gasteiger partial charge >= 0.3 is 0 Å². The molecule has 0 heterocycles. The second-order valence-corrected chi connectivity index (χ2v) is 5.17. The molecule has 0 aliphatic carbocycles. The SMILES string of the molecule is CCN(CC(=O)Nc1ccc(F)cc1)CC(C)(C)O. The molecule has 1 rings (SSSR count). The molecule has 0 unspecified atom stereocenters. The number of hydrogen-bond acceptors (Lipinski definition) is 3. The summed E-state index contributed by atoms with van der Waals surface area (Å²) < 4.78 is 12.7. The Balaban J connectivity index is 2.51. The van der Waals surface area contributed by atoms with Crippen LogP contribution >= 0.6 is 0 Å². The lowest BCUT2D eigenvalue weighted by Gasteiger charge is -2.27. The van der Waals surface area contributed by atoms with Gasteiger partial charge in [0, 0.05) is 12.2 Å². The number of likely N-dealkylation sites (N-methyl/N-ethyl adjacent to an activating group) is 1. The first-order chi connectivity index (χ1) is 8.80. The molecule has 5 heteroatoms. The first-order valence-corrected chi connectivity index (χ1v) is 6.30. The molecule has 106 valence electrons. The number of halogens is 1. The zero-order valence-corrected chi connectivity index (χ0v) is 11.6. The normalized spacial score (nSPS) is 11.7. The van der Waals surface area contributed by atoms with Crippen molar-refractivity contribution in [1.82, 2.24) is 4.90 Å². The predicted molar refractivity (Wildman–Crippen MR) is 73.4 cm³/mol. The molecule has 0 aromatic heterocycles. The maximum atomic E-state index is 12.7. The Hall–Kier alpha value is -1.46. The number of aliphatic hydroxyl groups is 1. The average Bonchev–Trinajstić information content (AvgIpc) is 2.29. The Morgan fingerprint density at radius 2 is 1.95 bits per heavy atom. The lowest BCUT2D eigenvalue weighted by molar-refractivity contribution is -0.117. The number of hydrogen-bond donors (Lipinski definition) is 2. The number of amides is 1. The monoisotopic (exact) mass is 268 g/mol. The minimum absolute atomic E-state index is 0.183. The first kappa shape index (κ1) is 15.6. The highest BCUT2D eigenvalue weighted by Crippen LogP contribution is 2.09. The molecular formula is C14H21FN2O2. The van der Waals surface area contributed by atoms with Gasteiger partial charge in [-0.3, -0.25) is 9.69 Å². The van der Waals surface area contributed by atoms with E-state index in [1.807, 2.05) is 11.8 Å². The first-order valence-electron chi connectivity index (χ1n) is 6.30. The fourth-order valence-electron chi connectivity index (χ4n) is 1.76. The summed E-state index contributed by atoms with van der Waals surface area (Å²) in [4.78, 5) is 13.7. The summed E-state index contributed by atoms with van der Waals surface area (Å²) in [5.41, 5.74) is -0.280. The van der Waals surface area contributed by atoms with Gasteiger partial charge in [0.1, 0.15) is 5.82 Å². The molecule has 0 radical (unpaired) electrons. The van der Waals surface area contributed by atoms with Crippen LogP contribution in [-0.2, 0) is 4.79 Å². The Labute approximate surface area is 113 Å². The Bertz CT molecular complexity index is 412. The van der Waals surface area contributed by atoms with Crippen LogP contribution in [0.3, 0.4) is 0 Å². The number of carbonyl (C=O) groups excluding carboxylic acids is 1. The third-order valence-electron chi connectivity index (χ3n) is 2.55. The summed E-state index contributed by atoms with van der Waals surface area (Å²) in [7, 11) is 0. The summed E-state index contributed by atoms with van der Waals surface area (Å²) in [6.45, 7) is 6.61. The van der Waals surface area contributed by atoms with E-state index in [9.17, 15) is 14.3 Å². The van der Waals surface area contributed by atoms with Gasteiger partial charge in [-0.05, 0) is 44.7 Å². The Morgan fingerprint density at radius 1 is 1.37 bits per heavy atom. The van der Waals surface area contributed by atoms with E-state index in [0.29, 0.717) is 18.8 Å².